The summed E-state index contributed by atoms with van der Waals surface area (Å²) < 4.78 is 9.18. The van der Waals surface area contributed by atoms with E-state index in [1.807, 2.05) is 0 Å². The Kier molecular flexibility index (Phi) is 6.81. The normalized spacial score (nSPS) is 18.3. The lowest BCUT2D eigenvalue weighted by Gasteiger charge is -2.33. The third-order valence-corrected chi connectivity index (χ3v) is 11.4. The van der Waals surface area contributed by atoms with Gasteiger partial charge in [-0.2, -0.15) is 0 Å². The number of hydrogen-bond acceptors (Lipinski definition) is 2. The Morgan fingerprint density at radius 2 is 1.42 bits per heavy atom. The highest BCUT2D eigenvalue weighted by Gasteiger charge is 2.33. The van der Waals surface area contributed by atoms with E-state index in [1.165, 1.54) is 55.1 Å². The molecule has 3 aliphatic carbocycles. The summed E-state index contributed by atoms with van der Waals surface area (Å²) in [5.74, 6) is 2.58. The standard InChI is InChI=1S/C50H36N2O/c1-2-14-36-30-38(29-24-33(36)12-1)51(46-22-11-15-34-13-3-4-16-40(34)46)37-27-25-35(26-28-37)44-31-39(32-45-43-19-7-10-23-49(43)53-50(44)45)52-47-20-8-5-17-41(47)42-18-6-9-21-48(42)52/h1-18,20-29,31-32,36,43H,19,30H2. The molecule has 2 heterocycles. The minimum atomic E-state index is 0.211. The van der Waals surface area contributed by atoms with Crippen LogP contribution in [0.15, 0.2) is 199 Å². The highest BCUT2D eigenvalue weighted by Crippen LogP contribution is 2.51. The lowest BCUT2D eigenvalue weighted by molar-refractivity contribution is 0.426. The van der Waals surface area contributed by atoms with Crippen LogP contribution in [0.2, 0.25) is 0 Å². The lowest BCUT2D eigenvalue weighted by Crippen LogP contribution is -2.21. The molecule has 0 amide bonds. The lowest BCUT2D eigenvalue weighted by atomic mass is 9.86. The minimum absolute atomic E-state index is 0.211. The van der Waals surface area contributed by atoms with Gasteiger partial charge in [-0.3, -0.25) is 0 Å². The van der Waals surface area contributed by atoms with Crippen molar-refractivity contribution in [2.75, 3.05) is 4.90 Å². The van der Waals surface area contributed by atoms with Gasteiger partial charge in [0.15, 0.2) is 0 Å². The van der Waals surface area contributed by atoms with E-state index in [0.29, 0.717) is 5.92 Å². The van der Waals surface area contributed by atoms with Crippen LogP contribution >= 0.6 is 0 Å². The van der Waals surface area contributed by atoms with Crippen LogP contribution in [0.3, 0.4) is 0 Å². The zero-order valence-electron chi connectivity index (χ0n) is 29.2. The average Bonchev–Trinajstić information content (AvgIpc) is 3.77. The van der Waals surface area contributed by atoms with E-state index in [-0.39, 0.29) is 5.92 Å². The number of rotatable bonds is 5. The van der Waals surface area contributed by atoms with Gasteiger partial charge in [-0.25, -0.2) is 0 Å². The van der Waals surface area contributed by atoms with Crippen LogP contribution in [0.4, 0.5) is 11.4 Å². The van der Waals surface area contributed by atoms with Crippen molar-refractivity contribution in [2.45, 2.75) is 18.8 Å². The van der Waals surface area contributed by atoms with Crippen molar-refractivity contribution in [3.8, 4) is 22.6 Å². The van der Waals surface area contributed by atoms with E-state index in [4.69, 9.17) is 4.74 Å². The van der Waals surface area contributed by atoms with Crippen molar-refractivity contribution >= 4 is 44.0 Å². The molecule has 1 aromatic heterocycles. The van der Waals surface area contributed by atoms with Crippen molar-refractivity contribution in [3.63, 3.8) is 0 Å². The summed E-state index contributed by atoms with van der Waals surface area (Å²) in [5, 5.41) is 5.00. The smallest absolute Gasteiger partial charge is 0.138 e. The third kappa shape index (κ3) is 4.81. The zero-order chi connectivity index (χ0) is 34.9. The van der Waals surface area contributed by atoms with Crippen molar-refractivity contribution in [2.24, 2.45) is 5.92 Å². The van der Waals surface area contributed by atoms with E-state index >= 15 is 0 Å². The van der Waals surface area contributed by atoms with Crippen LogP contribution in [-0.2, 0) is 0 Å². The molecule has 3 heteroatoms. The van der Waals surface area contributed by atoms with Gasteiger partial charge in [0.05, 0.1) is 16.7 Å². The summed E-state index contributed by atoms with van der Waals surface area (Å²) in [6.45, 7) is 0. The van der Waals surface area contributed by atoms with Gasteiger partial charge in [0.25, 0.3) is 0 Å². The molecule has 3 nitrogen and oxygen atoms in total. The van der Waals surface area contributed by atoms with E-state index in [1.54, 1.807) is 0 Å². The first-order valence-corrected chi connectivity index (χ1v) is 18.6. The first kappa shape index (κ1) is 30.1. The fraction of sp³-hybridized carbons (Fsp3) is 0.0800. The van der Waals surface area contributed by atoms with Gasteiger partial charge < -0.3 is 14.2 Å². The van der Waals surface area contributed by atoms with Crippen LogP contribution in [0.25, 0.3) is 49.4 Å². The Hall–Kier alpha value is -6.58. The number of fused-ring (bicyclic) bond motifs is 8. The molecule has 0 N–H and O–H groups in total. The molecule has 6 aromatic carbocycles. The summed E-state index contributed by atoms with van der Waals surface area (Å²) in [5.41, 5.74) is 12.1. The predicted octanol–water partition coefficient (Wildman–Crippen LogP) is 13.0. The highest BCUT2D eigenvalue weighted by molar-refractivity contribution is 6.09. The van der Waals surface area contributed by atoms with Gasteiger partial charge in [-0.05, 0) is 84.0 Å². The Labute approximate surface area is 309 Å². The number of anilines is 2. The van der Waals surface area contributed by atoms with Gasteiger partial charge in [0.2, 0.25) is 0 Å². The van der Waals surface area contributed by atoms with E-state index in [9.17, 15) is 0 Å². The fourth-order valence-corrected chi connectivity index (χ4v) is 8.93. The van der Waals surface area contributed by atoms with Crippen LogP contribution in [0, 0.1) is 5.92 Å². The second kappa shape index (κ2) is 12.0. The maximum Gasteiger partial charge on any atom is 0.138 e. The first-order chi connectivity index (χ1) is 26.3. The van der Waals surface area contributed by atoms with Crippen LogP contribution in [0.1, 0.15) is 24.3 Å². The molecule has 252 valence electrons. The molecule has 2 unspecified atom stereocenters. The first-order valence-electron chi connectivity index (χ1n) is 18.6. The molecule has 7 aromatic rings. The topological polar surface area (TPSA) is 17.4 Å². The Morgan fingerprint density at radius 1 is 0.660 bits per heavy atom. The van der Waals surface area contributed by atoms with Gasteiger partial charge in [0, 0.05) is 56.2 Å². The maximum absolute atomic E-state index is 6.75. The predicted molar refractivity (Wildman–Crippen MR) is 220 cm³/mol. The molecule has 11 rings (SSSR count). The van der Waals surface area contributed by atoms with E-state index in [2.05, 4.69) is 192 Å². The summed E-state index contributed by atoms with van der Waals surface area (Å²) >= 11 is 0. The molecule has 0 bridgehead atoms. The van der Waals surface area contributed by atoms with Crippen LogP contribution < -0.4 is 9.64 Å². The minimum Gasteiger partial charge on any atom is -0.460 e. The molecule has 0 saturated carbocycles. The van der Waals surface area contributed by atoms with Gasteiger partial charge in [-0.15, -0.1) is 0 Å². The van der Waals surface area contributed by atoms with Crippen LogP contribution in [-0.4, -0.2) is 4.57 Å². The van der Waals surface area contributed by atoms with Crippen LogP contribution in [0.5, 0.6) is 5.75 Å². The van der Waals surface area contributed by atoms with Gasteiger partial charge >= 0.3 is 0 Å². The molecule has 53 heavy (non-hydrogen) atoms. The van der Waals surface area contributed by atoms with Gasteiger partial charge in [0.1, 0.15) is 11.5 Å². The molecular formula is C50H36N2O. The summed E-state index contributed by atoms with van der Waals surface area (Å²) in [6.07, 6.45) is 21.9. The molecule has 0 fully saturated rings. The number of ether oxygens (including phenoxy) is 1. The van der Waals surface area contributed by atoms with Crippen molar-refractivity contribution < 1.29 is 4.74 Å². The molecule has 0 radical (unpaired) electrons. The van der Waals surface area contributed by atoms with E-state index < -0.39 is 0 Å². The second-order valence-corrected chi connectivity index (χ2v) is 14.4. The zero-order valence-corrected chi connectivity index (χ0v) is 29.2. The molecule has 0 spiro atoms. The SMILES string of the molecule is C1=CCC2C(=C1)Oc1c(-c3ccc(N(C4=CC=C5C=CC=CC5C4)c4cccc5ccccc45)cc3)cc(-n3c4ccccc4c4ccccc43)cc12. The van der Waals surface area contributed by atoms with Gasteiger partial charge in [-0.1, -0.05) is 127 Å². The Morgan fingerprint density at radius 3 is 2.25 bits per heavy atom. The summed E-state index contributed by atoms with van der Waals surface area (Å²) in [6, 6.07) is 46.7. The second-order valence-electron chi connectivity index (χ2n) is 14.4. The number of allylic oxidation sites excluding steroid dienone is 12. The molecule has 1 aliphatic heterocycles. The molecular weight excluding hydrogens is 645 g/mol. The van der Waals surface area contributed by atoms with Crippen molar-refractivity contribution in [1.82, 2.24) is 4.57 Å². The fourth-order valence-electron chi connectivity index (χ4n) is 8.93. The molecule has 4 aliphatic rings. The quantitative estimate of drug-likeness (QED) is 0.180. The third-order valence-electron chi connectivity index (χ3n) is 11.4. The molecule has 2 atom stereocenters. The number of benzene rings is 6. The molecule has 0 saturated heterocycles. The summed E-state index contributed by atoms with van der Waals surface area (Å²) in [4.78, 5) is 2.46. The Bertz CT molecular complexity index is 2760. The summed E-state index contributed by atoms with van der Waals surface area (Å²) in [7, 11) is 0. The maximum atomic E-state index is 6.75. The highest BCUT2D eigenvalue weighted by atomic mass is 16.5. The monoisotopic (exact) mass is 680 g/mol. The average molecular weight is 681 g/mol. The van der Waals surface area contributed by atoms with Crippen molar-refractivity contribution in [1.29, 1.82) is 0 Å². The number of aromatic nitrogens is 1. The number of hydrogen-bond donors (Lipinski definition) is 0. The number of para-hydroxylation sites is 2. The number of nitrogens with zero attached hydrogens (tertiary/aromatic N) is 2. The van der Waals surface area contributed by atoms with Crippen molar-refractivity contribution in [3.05, 3.63) is 205 Å². The largest absolute Gasteiger partial charge is 0.460 e. The van der Waals surface area contributed by atoms with E-state index in [0.717, 1.165) is 46.9 Å². The Balaban J connectivity index is 1.08.